The Morgan fingerprint density at radius 3 is 2.15 bits per heavy atom. The van der Waals surface area contributed by atoms with Gasteiger partial charge in [0.2, 0.25) is 0 Å². The van der Waals surface area contributed by atoms with Crippen LogP contribution in [-0.2, 0) is 28.6 Å². The zero-order valence-corrected chi connectivity index (χ0v) is 22.8. The van der Waals surface area contributed by atoms with Gasteiger partial charge in [-0.25, -0.2) is 0 Å². The molecule has 0 amide bonds. The van der Waals surface area contributed by atoms with Crippen molar-refractivity contribution >= 4 is 5.78 Å². The average molecular weight is 551 g/mol. The van der Waals surface area contributed by atoms with E-state index in [1.807, 2.05) is 48.5 Å². The summed E-state index contributed by atoms with van der Waals surface area (Å²) in [6.45, 7) is 4.94. The molecule has 0 aliphatic carbocycles. The molecular weight excluding hydrogens is 513 g/mol. The van der Waals surface area contributed by atoms with Crippen LogP contribution in [0.4, 0.5) is 13.2 Å². The highest BCUT2D eigenvalue weighted by atomic mass is 19.4. The van der Waals surface area contributed by atoms with Gasteiger partial charge in [-0.05, 0) is 55.6 Å². The summed E-state index contributed by atoms with van der Waals surface area (Å²) in [5.74, 6) is -0.294. The van der Waals surface area contributed by atoms with E-state index in [2.05, 4.69) is 27.2 Å². The number of benzene rings is 3. The van der Waals surface area contributed by atoms with Crippen LogP contribution in [0.25, 0.3) is 0 Å². The number of likely N-dealkylation sites (tertiary alicyclic amines) is 1. The summed E-state index contributed by atoms with van der Waals surface area (Å²) >= 11 is 0. The molecule has 212 valence electrons. The van der Waals surface area contributed by atoms with Gasteiger partial charge in [-0.3, -0.25) is 14.6 Å². The maximum absolute atomic E-state index is 14.4. The molecule has 40 heavy (non-hydrogen) atoms. The first-order chi connectivity index (χ1) is 19.2. The van der Waals surface area contributed by atoms with Crippen molar-refractivity contribution < 1.29 is 18.0 Å². The minimum absolute atomic E-state index is 0.00204. The Morgan fingerprint density at radius 2 is 1.52 bits per heavy atom. The van der Waals surface area contributed by atoms with E-state index in [-0.39, 0.29) is 23.9 Å². The zero-order valence-electron chi connectivity index (χ0n) is 22.8. The highest BCUT2D eigenvalue weighted by Gasteiger charge is 2.62. The minimum Gasteiger partial charge on any atom is -0.324 e. The van der Waals surface area contributed by atoms with Crippen LogP contribution in [-0.4, -0.2) is 54.3 Å². The molecule has 5 nitrogen and oxygen atoms in total. The van der Waals surface area contributed by atoms with Gasteiger partial charge in [0.15, 0.2) is 5.78 Å². The van der Waals surface area contributed by atoms with Crippen LogP contribution >= 0.6 is 0 Å². The number of alkyl halides is 3. The van der Waals surface area contributed by atoms with Crippen LogP contribution < -0.4 is 11.1 Å². The van der Waals surface area contributed by atoms with Gasteiger partial charge in [0, 0.05) is 25.7 Å². The van der Waals surface area contributed by atoms with E-state index < -0.39 is 22.8 Å². The summed E-state index contributed by atoms with van der Waals surface area (Å²) < 4.78 is 43.3. The van der Waals surface area contributed by atoms with E-state index in [0.717, 1.165) is 38.5 Å². The Morgan fingerprint density at radius 1 is 0.925 bits per heavy atom. The summed E-state index contributed by atoms with van der Waals surface area (Å²) in [5, 5.41) is 3.41. The second-order valence-electron chi connectivity index (χ2n) is 11.0. The van der Waals surface area contributed by atoms with Crippen LogP contribution in [0.5, 0.6) is 0 Å². The fourth-order valence-electron chi connectivity index (χ4n) is 7.03. The zero-order chi connectivity index (χ0) is 28.4. The number of piperidine rings is 1. The lowest BCUT2D eigenvalue weighted by Gasteiger charge is -2.60. The molecule has 2 saturated heterocycles. The van der Waals surface area contributed by atoms with E-state index in [1.54, 1.807) is 13.0 Å². The van der Waals surface area contributed by atoms with Gasteiger partial charge >= 0.3 is 6.18 Å². The van der Waals surface area contributed by atoms with Crippen molar-refractivity contribution in [2.24, 2.45) is 5.73 Å². The molecule has 2 aliphatic heterocycles. The standard InChI is InChI=1S/C32H37F3N4O/c1-30(27-14-8-9-15-28(27)32(33,34)35)31(29(40)22-36,25-12-6-3-7-13-25)39(21-18-37-30)26-16-19-38(20-17-26)23-24-10-4-2-5-11-24/h2-15,26,37H,16-23,36H2,1H3. The number of nitrogens with one attached hydrogen (secondary N) is 1. The number of halogens is 3. The molecule has 5 rings (SSSR count). The average Bonchev–Trinajstić information content (AvgIpc) is 2.97. The van der Waals surface area contributed by atoms with Gasteiger partial charge in [0.25, 0.3) is 0 Å². The molecule has 2 fully saturated rings. The predicted octanol–water partition coefficient (Wildman–Crippen LogP) is 4.91. The highest BCUT2D eigenvalue weighted by molar-refractivity contribution is 5.93. The molecular formula is C32H37F3N4O. The molecule has 3 aromatic carbocycles. The lowest BCUT2D eigenvalue weighted by Crippen LogP contribution is -2.76. The molecule has 2 atom stereocenters. The SMILES string of the molecule is CC1(c2ccccc2C(F)(F)F)NCCN(C2CCN(Cc3ccccc3)CC2)C1(C(=O)CN)c1ccccc1. The third-order valence-corrected chi connectivity index (χ3v) is 8.78. The van der Waals surface area contributed by atoms with Crippen LogP contribution in [0, 0.1) is 0 Å². The molecule has 3 N–H and O–H groups in total. The Kier molecular flexibility index (Phi) is 8.15. The van der Waals surface area contributed by atoms with Crippen molar-refractivity contribution in [3.63, 3.8) is 0 Å². The first kappa shape index (κ1) is 28.5. The third kappa shape index (κ3) is 4.98. The number of Topliss-reactive ketones (excluding diaryl/α,β-unsaturated/α-hetero) is 1. The number of carbonyl (C=O) groups excluding carboxylic acids is 1. The summed E-state index contributed by atoms with van der Waals surface area (Å²) in [4.78, 5) is 18.9. The number of rotatable bonds is 7. The smallest absolute Gasteiger partial charge is 0.324 e. The molecule has 0 saturated carbocycles. The third-order valence-electron chi connectivity index (χ3n) is 8.78. The Hall–Kier alpha value is -3.04. The van der Waals surface area contributed by atoms with Crippen LogP contribution in [0.3, 0.4) is 0 Å². The molecule has 2 heterocycles. The number of nitrogens with two attached hydrogens (primary N) is 1. The Labute approximate surface area is 234 Å². The maximum Gasteiger partial charge on any atom is 0.416 e. The van der Waals surface area contributed by atoms with Crippen LogP contribution in [0.1, 0.15) is 42.0 Å². The maximum atomic E-state index is 14.4. The number of piperazine rings is 1. The first-order valence-corrected chi connectivity index (χ1v) is 14.0. The molecule has 3 aromatic rings. The second kappa shape index (κ2) is 11.4. The highest BCUT2D eigenvalue weighted by Crippen LogP contribution is 2.51. The molecule has 2 aliphatic rings. The van der Waals surface area contributed by atoms with Crippen molar-refractivity contribution in [2.75, 3.05) is 32.7 Å². The van der Waals surface area contributed by atoms with Crippen molar-refractivity contribution in [3.8, 4) is 0 Å². The summed E-state index contributed by atoms with van der Waals surface area (Å²) in [7, 11) is 0. The van der Waals surface area contributed by atoms with E-state index in [4.69, 9.17) is 5.73 Å². The molecule has 0 radical (unpaired) electrons. The topological polar surface area (TPSA) is 61.6 Å². The number of carbonyl (C=O) groups is 1. The van der Waals surface area contributed by atoms with Gasteiger partial charge in [0.05, 0.1) is 17.6 Å². The quantitative estimate of drug-likeness (QED) is 0.438. The molecule has 0 bridgehead atoms. The van der Waals surface area contributed by atoms with E-state index >= 15 is 0 Å². The van der Waals surface area contributed by atoms with Gasteiger partial charge < -0.3 is 11.1 Å². The second-order valence-corrected chi connectivity index (χ2v) is 11.0. The van der Waals surface area contributed by atoms with E-state index in [9.17, 15) is 18.0 Å². The molecule has 2 unspecified atom stereocenters. The predicted molar refractivity (Wildman–Crippen MR) is 150 cm³/mol. The molecule has 8 heteroatoms. The van der Waals surface area contributed by atoms with Gasteiger partial charge in [-0.15, -0.1) is 0 Å². The van der Waals surface area contributed by atoms with Crippen molar-refractivity contribution in [1.29, 1.82) is 0 Å². The van der Waals surface area contributed by atoms with Gasteiger partial charge in [-0.2, -0.15) is 13.2 Å². The largest absolute Gasteiger partial charge is 0.416 e. The lowest BCUT2D eigenvalue weighted by atomic mass is 9.62. The fraction of sp³-hybridized carbons (Fsp3) is 0.406. The van der Waals surface area contributed by atoms with E-state index in [1.165, 1.54) is 17.7 Å². The first-order valence-electron chi connectivity index (χ1n) is 14.0. The summed E-state index contributed by atoms with van der Waals surface area (Å²) in [5.41, 5.74) is 4.50. The van der Waals surface area contributed by atoms with Crippen LogP contribution in [0.15, 0.2) is 84.9 Å². The number of hydrogen-bond acceptors (Lipinski definition) is 5. The number of nitrogens with zero attached hydrogens (tertiary/aromatic N) is 2. The Bertz CT molecular complexity index is 1290. The fourth-order valence-corrected chi connectivity index (χ4v) is 7.03. The minimum atomic E-state index is -4.58. The van der Waals surface area contributed by atoms with E-state index in [0.29, 0.717) is 18.7 Å². The monoisotopic (exact) mass is 550 g/mol. The van der Waals surface area contributed by atoms with Gasteiger partial charge in [-0.1, -0.05) is 78.9 Å². The molecule has 0 aromatic heterocycles. The van der Waals surface area contributed by atoms with Crippen LogP contribution in [0.2, 0.25) is 0 Å². The van der Waals surface area contributed by atoms with Crippen molar-refractivity contribution in [2.45, 2.75) is 49.6 Å². The number of ketones is 1. The van der Waals surface area contributed by atoms with Crippen molar-refractivity contribution in [3.05, 3.63) is 107 Å². The number of hydrogen-bond donors (Lipinski definition) is 2. The van der Waals surface area contributed by atoms with Crippen molar-refractivity contribution in [1.82, 2.24) is 15.1 Å². The molecule has 0 spiro atoms. The normalized spacial score (nSPS) is 25.1. The van der Waals surface area contributed by atoms with Gasteiger partial charge in [0.1, 0.15) is 5.54 Å². The summed E-state index contributed by atoms with van der Waals surface area (Å²) in [6, 6.07) is 25.2. The summed E-state index contributed by atoms with van der Waals surface area (Å²) in [6.07, 6.45) is -2.98. The Balaban J connectivity index is 1.60. The lowest BCUT2D eigenvalue weighted by molar-refractivity contribution is -0.152.